The number of nitrogens with one attached hydrogen (secondary N) is 1. The molecule has 2 aromatic carbocycles. The van der Waals surface area contributed by atoms with Crippen LogP contribution in [0.5, 0.6) is 11.5 Å². The van der Waals surface area contributed by atoms with Crippen molar-refractivity contribution in [1.29, 1.82) is 0 Å². The molecule has 28 heavy (non-hydrogen) atoms. The molecule has 3 N–H and O–H groups in total. The van der Waals surface area contributed by atoms with Crippen molar-refractivity contribution in [3.63, 3.8) is 0 Å². The van der Waals surface area contributed by atoms with Crippen LogP contribution in [0.1, 0.15) is 25.7 Å². The number of hydrogen-bond acceptors (Lipinski definition) is 5. The lowest BCUT2D eigenvalue weighted by Gasteiger charge is -2.13. The number of ether oxygens (including phenoxy) is 2. The summed E-state index contributed by atoms with van der Waals surface area (Å²) in [6, 6.07) is 11.1. The van der Waals surface area contributed by atoms with Crippen LogP contribution >= 0.6 is 0 Å². The van der Waals surface area contributed by atoms with Crippen molar-refractivity contribution in [3.8, 4) is 22.6 Å². The second kappa shape index (κ2) is 10.7. The molecule has 148 valence electrons. The third-order valence-electron chi connectivity index (χ3n) is 4.27. The minimum absolute atomic E-state index is 0.0796. The van der Waals surface area contributed by atoms with Crippen molar-refractivity contribution >= 4 is 17.3 Å². The Morgan fingerprint density at radius 1 is 1.07 bits per heavy atom. The van der Waals surface area contributed by atoms with E-state index in [0.717, 1.165) is 30.4 Å². The molecular formula is C20H25N5O3. The van der Waals surface area contributed by atoms with E-state index in [9.17, 15) is 4.79 Å². The van der Waals surface area contributed by atoms with Crippen LogP contribution in [0, 0.1) is 0 Å². The van der Waals surface area contributed by atoms with Crippen LogP contribution in [0.4, 0.5) is 11.4 Å². The van der Waals surface area contributed by atoms with E-state index in [1.165, 1.54) is 0 Å². The van der Waals surface area contributed by atoms with Gasteiger partial charge in [-0.15, -0.1) is 0 Å². The number of methoxy groups -OCH3 is 2. The number of anilines is 2. The average Bonchev–Trinajstić information content (AvgIpc) is 2.71. The van der Waals surface area contributed by atoms with Crippen LogP contribution in [-0.4, -0.2) is 26.7 Å². The standard InChI is InChI=1S/C20H25N5O3/c1-27-18-12-14(7-9-16(18)21)15-8-10-17(19(13-15)28-2)24-20(26)6-4-3-5-11-23-25-22/h7-10,12-13H,3-6,11,21H2,1-2H3,(H,24,26). The Kier molecular flexibility index (Phi) is 7.99. The second-order valence-electron chi connectivity index (χ2n) is 6.19. The number of azide groups is 1. The molecule has 2 aromatic rings. The molecule has 0 fully saturated rings. The predicted molar refractivity (Wildman–Crippen MR) is 111 cm³/mol. The van der Waals surface area contributed by atoms with Crippen molar-refractivity contribution in [1.82, 2.24) is 0 Å². The van der Waals surface area contributed by atoms with Crippen LogP contribution in [0.3, 0.4) is 0 Å². The highest BCUT2D eigenvalue weighted by molar-refractivity contribution is 5.92. The monoisotopic (exact) mass is 383 g/mol. The minimum atomic E-state index is -0.0796. The van der Waals surface area contributed by atoms with Gasteiger partial charge in [-0.05, 0) is 53.8 Å². The molecule has 0 unspecified atom stereocenters. The summed E-state index contributed by atoms with van der Waals surface area (Å²) in [7, 11) is 3.14. The zero-order valence-electron chi connectivity index (χ0n) is 16.1. The van der Waals surface area contributed by atoms with Crippen molar-refractivity contribution in [2.75, 3.05) is 31.8 Å². The first kappa shape index (κ1) is 20.9. The van der Waals surface area contributed by atoms with Gasteiger partial charge in [0.15, 0.2) is 0 Å². The van der Waals surface area contributed by atoms with Gasteiger partial charge >= 0.3 is 0 Å². The van der Waals surface area contributed by atoms with Gasteiger partial charge in [0.2, 0.25) is 5.91 Å². The highest BCUT2D eigenvalue weighted by Crippen LogP contribution is 2.34. The minimum Gasteiger partial charge on any atom is -0.495 e. The Morgan fingerprint density at radius 3 is 2.43 bits per heavy atom. The van der Waals surface area contributed by atoms with E-state index in [0.29, 0.717) is 35.8 Å². The van der Waals surface area contributed by atoms with Crippen molar-refractivity contribution in [2.24, 2.45) is 5.11 Å². The van der Waals surface area contributed by atoms with E-state index >= 15 is 0 Å². The number of carbonyl (C=O) groups is 1. The van der Waals surface area contributed by atoms with Crippen LogP contribution in [0.2, 0.25) is 0 Å². The van der Waals surface area contributed by atoms with Crippen molar-refractivity contribution < 1.29 is 14.3 Å². The number of benzene rings is 2. The summed E-state index contributed by atoms with van der Waals surface area (Å²) in [6.07, 6.45) is 2.75. The highest BCUT2D eigenvalue weighted by Gasteiger charge is 2.10. The highest BCUT2D eigenvalue weighted by atomic mass is 16.5. The third-order valence-corrected chi connectivity index (χ3v) is 4.27. The summed E-state index contributed by atoms with van der Waals surface area (Å²) in [4.78, 5) is 14.9. The van der Waals surface area contributed by atoms with Gasteiger partial charge in [-0.25, -0.2) is 0 Å². The topological polar surface area (TPSA) is 122 Å². The van der Waals surface area contributed by atoms with E-state index in [1.54, 1.807) is 20.3 Å². The summed E-state index contributed by atoms with van der Waals surface area (Å²) in [6.45, 7) is 0.462. The molecule has 0 heterocycles. The molecule has 0 bridgehead atoms. The Hall–Kier alpha value is -3.38. The molecule has 1 amide bonds. The van der Waals surface area contributed by atoms with Gasteiger partial charge in [-0.2, -0.15) is 0 Å². The van der Waals surface area contributed by atoms with Gasteiger partial charge in [-0.1, -0.05) is 23.7 Å². The van der Waals surface area contributed by atoms with Crippen LogP contribution in [-0.2, 0) is 4.79 Å². The lowest BCUT2D eigenvalue weighted by atomic mass is 10.0. The van der Waals surface area contributed by atoms with Gasteiger partial charge in [0.05, 0.1) is 25.6 Å². The second-order valence-corrected chi connectivity index (χ2v) is 6.19. The molecular weight excluding hydrogens is 358 g/mol. The summed E-state index contributed by atoms with van der Waals surface area (Å²) in [5.74, 6) is 1.10. The first-order chi connectivity index (χ1) is 13.6. The zero-order chi connectivity index (χ0) is 20.4. The first-order valence-electron chi connectivity index (χ1n) is 9.01. The zero-order valence-corrected chi connectivity index (χ0v) is 16.1. The van der Waals surface area contributed by atoms with Gasteiger partial charge < -0.3 is 20.5 Å². The molecule has 0 spiro atoms. The number of rotatable bonds is 10. The Bertz CT molecular complexity index is 863. The maximum Gasteiger partial charge on any atom is 0.224 e. The van der Waals surface area contributed by atoms with Crippen LogP contribution in [0.25, 0.3) is 21.6 Å². The SMILES string of the molecule is COc1cc(-c2ccc(NC(=O)CCCCCN=[N+]=[N-])c(OC)c2)ccc1N. The number of amides is 1. The third kappa shape index (κ3) is 5.82. The maximum atomic E-state index is 12.2. The fraction of sp³-hybridized carbons (Fsp3) is 0.350. The molecule has 0 radical (unpaired) electrons. The van der Waals surface area contributed by atoms with Crippen LogP contribution < -0.4 is 20.5 Å². The molecule has 8 heteroatoms. The first-order valence-corrected chi connectivity index (χ1v) is 9.01. The predicted octanol–water partition coefficient (Wildman–Crippen LogP) is 4.76. The van der Waals surface area contributed by atoms with Crippen molar-refractivity contribution in [2.45, 2.75) is 25.7 Å². The lowest BCUT2D eigenvalue weighted by Crippen LogP contribution is -2.12. The number of nitrogens with two attached hydrogens (primary N) is 1. The molecule has 0 saturated heterocycles. The average molecular weight is 383 g/mol. The Labute approximate surface area is 164 Å². The van der Waals surface area contributed by atoms with Crippen molar-refractivity contribution in [3.05, 3.63) is 46.8 Å². The number of carbonyl (C=O) groups excluding carboxylic acids is 1. The van der Waals surface area contributed by atoms with Gasteiger partial charge in [0, 0.05) is 17.9 Å². The smallest absolute Gasteiger partial charge is 0.224 e. The normalized spacial score (nSPS) is 10.1. The van der Waals surface area contributed by atoms with E-state index < -0.39 is 0 Å². The fourth-order valence-corrected chi connectivity index (χ4v) is 2.77. The van der Waals surface area contributed by atoms with E-state index in [1.807, 2.05) is 30.3 Å². The van der Waals surface area contributed by atoms with Crippen LogP contribution in [0.15, 0.2) is 41.5 Å². The molecule has 8 nitrogen and oxygen atoms in total. The fourth-order valence-electron chi connectivity index (χ4n) is 2.77. The number of hydrogen-bond donors (Lipinski definition) is 2. The van der Waals surface area contributed by atoms with Gasteiger partial charge in [0.1, 0.15) is 11.5 Å². The quantitative estimate of drug-likeness (QED) is 0.202. The van der Waals surface area contributed by atoms with Gasteiger partial charge in [0.25, 0.3) is 0 Å². The van der Waals surface area contributed by atoms with E-state index in [2.05, 4.69) is 15.3 Å². The molecule has 0 atom stereocenters. The maximum absolute atomic E-state index is 12.2. The van der Waals surface area contributed by atoms with Gasteiger partial charge in [-0.3, -0.25) is 4.79 Å². The summed E-state index contributed by atoms with van der Waals surface area (Å²) in [5, 5.41) is 6.36. The number of nitrogens with zero attached hydrogens (tertiary/aromatic N) is 3. The largest absolute Gasteiger partial charge is 0.495 e. The Balaban J connectivity index is 2.02. The van der Waals surface area contributed by atoms with E-state index in [-0.39, 0.29) is 5.91 Å². The van der Waals surface area contributed by atoms with E-state index in [4.69, 9.17) is 20.7 Å². The molecule has 2 rings (SSSR count). The number of unbranched alkanes of at least 4 members (excludes halogenated alkanes) is 2. The molecule has 0 aliphatic rings. The lowest BCUT2D eigenvalue weighted by molar-refractivity contribution is -0.116. The molecule has 0 aromatic heterocycles. The summed E-state index contributed by atoms with van der Waals surface area (Å²) in [5.41, 5.74) is 17.1. The number of nitrogen functional groups attached to an aromatic ring is 1. The molecule has 0 saturated carbocycles. The molecule has 0 aliphatic heterocycles. The summed E-state index contributed by atoms with van der Waals surface area (Å²) < 4.78 is 10.7. The summed E-state index contributed by atoms with van der Waals surface area (Å²) >= 11 is 0. The molecule has 0 aliphatic carbocycles. The Morgan fingerprint density at radius 2 is 1.75 bits per heavy atom.